The molecule has 2 aliphatic carbocycles. The first-order valence-electron chi connectivity index (χ1n) is 13.7. The Hall–Kier alpha value is -3.97. The Bertz CT molecular complexity index is 1680. The van der Waals surface area contributed by atoms with E-state index in [0.29, 0.717) is 11.4 Å². The van der Waals surface area contributed by atoms with Crippen LogP contribution in [0.2, 0.25) is 0 Å². The van der Waals surface area contributed by atoms with E-state index in [2.05, 4.69) is 4.98 Å². The molecule has 0 radical (unpaired) electrons. The molecule has 1 saturated heterocycles. The standard InChI is InChI=1S/C29H25N3O8S2/c1-2-39-19(33)12-40-16-5-3-4-13(10-16)20-21-17-11-18(24(21)41-26-25(20)42-29(36)30-26)23-22(17)27(34)31(28(23)35)14-6-8-15(9-7-14)32(37)38/h3-10,17-18,20-24H,2,11-12H2,1H3,(H,30,36)/t17-,18-,20-,21?,22?,23?,24?/m1/s1. The largest absolute Gasteiger partial charge is 0.482 e. The predicted molar refractivity (Wildman–Crippen MR) is 153 cm³/mol. The van der Waals surface area contributed by atoms with Crippen LogP contribution in [0.1, 0.15) is 29.7 Å². The van der Waals surface area contributed by atoms with Crippen molar-refractivity contribution in [1.82, 2.24) is 4.98 Å². The van der Waals surface area contributed by atoms with Gasteiger partial charge in [0.1, 0.15) is 5.75 Å². The monoisotopic (exact) mass is 607 g/mol. The van der Waals surface area contributed by atoms with E-state index in [1.807, 2.05) is 18.2 Å². The number of nitro groups is 1. The van der Waals surface area contributed by atoms with Gasteiger partial charge in [-0.05, 0) is 60.9 Å². The van der Waals surface area contributed by atoms with Crippen molar-refractivity contribution in [3.05, 3.63) is 78.8 Å². The summed E-state index contributed by atoms with van der Waals surface area (Å²) in [5.41, 5.74) is 1.14. The van der Waals surface area contributed by atoms with Crippen LogP contribution in [0.5, 0.6) is 5.75 Å². The number of nitro benzene ring substituents is 1. The highest BCUT2D eigenvalue weighted by molar-refractivity contribution is 8.00. The second-order valence-corrected chi connectivity index (χ2v) is 13.1. The summed E-state index contributed by atoms with van der Waals surface area (Å²) in [5.74, 6) is -1.83. The number of hydrogen-bond acceptors (Lipinski definition) is 10. The first-order valence-corrected chi connectivity index (χ1v) is 15.4. The number of esters is 1. The maximum atomic E-state index is 13.9. The summed E-state index contributed by atoms with van der Waals surface area (Å²) < 4.78 is 10.7. The molecule has 2 saturated carbocycles. The highest BCUT2D eigenvalue weighted by atomic mass is 32.2. The number of amides is 2. The number of carbonyl (C=O) groups is 3. The van der Waals surface area contributed by atoms with Gasteiger partial charge < -0.3 is 14.5 Å². The van der Waals surface area contributed by atoms with E-state index in [4.69, 9.17) is 9.47 Å². The highest BCUT2D eigenvalue weighted by Gasteiger charge is 2.69. The van der Waals surface area contributed by atoms with Gasteiger partial charge in [0.05, 0.1) is 34.1 Å². The number of H-pyrrole nitrogens is 1. The van der Waals surface area contributed by atoms with Crippen LogP contribution in [0, 0.1) is 39.7 Å². The van der Waals surface area contributed by atoms with Gasteiger partial charge >= 0.3 is 10.8 Å². The molecule has 3 heterocycles. The molecule has 4 aliphatic rings. The van der Waals surface area contributed by atoms with Gasteiger partial charge in [-0.15, -0.1) is 11.8 Å². The number of aromatic amines is 1. The van der Waals surface area contributed by atoms with E-state index in [9.17, 15) is 29.3 Å². The van der Waals surface area contributed by atoms with Crippen LogP contribution in [-0.4, -0.2) is 46.2 Å². The Morgan fingerprint density at radius 2 is 1.83 bits per heavy atom. The molecule has 13 heteroatoms. The number of nitrogens with zero attached hydrogens (tertiary/aromatic N) is 2. The number of thioether (sulfide) groups is 1. The molecule has 4 unspecified atom stereocenters. The zero-order valence-corrected chi connectivity index (χ0v) is 23.9. The quantitative estimate of drug-likeness (QED) is 0.182. The Kier molecular flexibility index (Phi) is 6.46. The minimum atomic E-state index is -0.520. The molecule has 2 bridgehead atoms. The molecule has 7 atom stereocenters. The summed E-state index contributed by atoms with van der Waals surface area (Å²) in [6.07, 6.45) is 0.734. The number of thiazole rings is 1. The highest BCUT2D eigenvalue weighted by Crippen LogP contribution is 2.68. The van der Waals surface area contributed by atoms with Gasteiger partial charge in [0.2, 0.25) is 11.8 Å². The molecule has 1 N–H and O–H groups in total. The van der Waals surface area contributed by atoms with Gasteiger partial charge in [0.25, 0.3) is 5.69 Å². The normalized spacial score (nSPS) is 28.8. The van der Waals surface area contributed by atoms with E-state index < -0.39 is 22.7 Å². The first kappa shape index (κ1) is 26.9. The number of imide groups is 1. The lowest BCUT2D eigenvalue weighted by Gasteiger charge is -2.43. The van der Waals surface area contributed by atoms with E-state index in [-0.39, 0.29) is 64.5 Å². The van der Waals surface area contributed by atoms with Crippen molar-refractivity contribution in [1.29, 1.82) is 0 Å². The van der Waals surface area contributed by atoms with E-state index in [1.54, 1.807) is 24.8 Å². The summed E-state index contributed by atoms with van der Waals surface area (Å²) >= 11 is 2.76. The molecule has 2 aliphatic heterocycles. The lowest BCUT2D eigenvalue weighted by molar-refractivity contribution is -0.384. The van der Waals surface area contributed by atoms with Crippen LogP contribution in [0.3, 0.4) is 0 Å². The van der Waals surface area contributed by atoms with Crippen molar-refractivity contribution >= 4 is 52.3 Å². The summed E-state index contributed by atoms with van der Waals surface area (Å²) in [6.45, 7) is 1.76. The van der Waals surface area contributed by atoms with Crippen LogP contribution in [-0.2, 0) is 19.1 Å². The number of ether oxygens (including phenoxy) is 2. The molecule has 2 aromatic carbocycles. The summed E-state index contributed by atoms with van der Waals surface area (Å²) in [6, 6.07) is 13.0. The zero-order chi connectivity index (χ0) is 29.3. The average molecular weight is 608 g/mol. The summed E-state index contributed by atoms with van der Waals surface area (Å²) in [7, 11) is 0. The fourth-order valence-electron chi connectivity index (χ4n) is 7.51. The number of hydrogen-bond donors (Lipinski definition) is 1. The number of fused-ring (bicyclic) bond motifs is 9. The number of rotatable bonds is 7. The smallest absolute Gasteiger partial charge is 0.344 e. The van der Waals surface area contributed by atoms with E-state index in [1.165, 1.54) is 29.2 Å². The first-order chi connectivity index (χ1) is 20.3. The molecule has 1 aromatic heterocycles. The van der Waals surface area contributed by atoms with Crippen LogP contribution in [0.4, 0.5) is 11.4 Å². The van der Waals surface area contributed by atoms with E-state index >= 15 is 0 Å². The molecular formula is C29H25N3O8S2. The van der Waals surface area contributed by atoms with Crippen molar-refractivity contribution in [2.45, 2.75) is 29.5 Å². The lowest BCUT2D eigenvalue weighted by atomic mass is 9.68. The topological polar surface area (TPSA) is 149 Å². The van der Waals surface area contributed by atoms with E-state index in [0.717, 1.165) is 33.2 Å². The van der Waals surface area contributed by atoms with Crippen LogP contribution < -0.4 is 14.5 Å². The van der Waals surface area contributed by atoms with Crippen LogP contribution >= 0.6 is 23.1 Å². The second kappa shape index (κ2) is 10.1. The molecular weight excluding hydrogens is 582 g/mol. The number of non-ortho nitro benzene ring substituents is 1. The molecule has 0 spiro atoms. The van der Waals surface area contributed by atoms with Gasteiger partial charge in [-0.2, -0.15) is 0 Å². The van der Waals surface area contributed by atoms with Crippen LogP contribution in [0.25, 0.3) is 0 Å². The summed E-state index contributed by atoms with van der Waals surface area (Å²) in [5, 5.41) is 11.9. The molecule has 7 rings (SSSR count). The van der Waals surface area contributed by atoms with Gasteiger partial charge in [-0.3, -0.25) is 29.4 Å². The molecule has 2 amide bonds. The van der Waals surface area contributed by atoms with Crippen molar-refractivity contribution < 1.29 is 28.8 Å². The number of nitrogens with one attached hydrogen (secondary N) is 1. The van der Waals surface area contributed by atoms with Gasteiger partial charge in [-0.1, -0.05) is 23.5 Å². The average Bonchev–Trinajstić information content (AvgIpc) is 3.71. The SMILES string of the molecule is CCOC(=O)COc1cccc([C@H]2c3sc(=O)[nH]c3SC3C2[C@H]2C[C@@H]3C3C(=O)N(c4ccc([N+](=O)[O-])cc4)C(=O)C32)c1. The third-order valence-electron chi connectivity index (χ3n) is 8.92. The fraction of sp³-hybridized carbons (Fsp3) is 0.379. The molecule has 3 fully saturated rings. The lowest BCUT2D eigenvalue weighted by Crippen LogP contribution is -2.42. The minimum Gasteiger partial charge on any atom is -0.482 e. The maximum absolute atomic E-state index is 13.9. The molecule has 11 nitrogen and oxygen atoms in total. The van der Waals surface area contributed by atoms with Crippen molar-refractivity contribution in [2.75, 3.05) is 18.1 Å². The fourth-order valence-corrected chi connectivity index (χ4v) is 10.4. The van der Waals surface area contributed by atoms with Crippen molar-refractivity contribution in [3.8, 4) is 5.75 Å². The van der Waals surface area contributed by atoms with Gasteiger partial charge in [0, 0.05) is 28.2 Å². The number of benzene rings is 2. The Labute approximate surface area is 247 Å². The van der Waals surface area contributed by atoms with Crippen molar-refractivity contribution in [3.63, 3.8) is 0 Å². The Balaban J connectivity index is 1.23. The van der Waals surface area contributed by atoms with Crippen molar-refractivity contribution in [2.24, 2.45) is 29.6 Å². The summed E-state index contributed by atoms with van der Waals surface area (Å²) in [4.78, 5) is 67.5. The molecule has 216 valence electrons. The zero-order valence-electron chi connectivity index (χ0n) is 22.3. The Morgan fingerprint density at radius 3 is 2.55 bits per heavy atom. The third-order valence-corrected chi connectivity index (χ3v) is 11.5. The second-order valence-electron chi connectivity index (χ2n) is 10.9. The van der Waals surface area contributed by atoms with Gasteiger partial charge in [0.15, 0.2) is 6.61 Å². The van der Waals surface area contributed by atoms with Crippen LogP contribution in [0.15, 0.2) is 58.4 Å². The number of carbonyl (C=O) groups excluding carboxylic acids is 3. The predicted octanol–water partition coefficient (Wildman–Crippen LogP) is 3.96. The third kappa shape index (κ3) is 4.09. The minimum absolute atomic E-state index is 0.00549. The Morgan fingerprint density at radius 1 is 1.10 bits per heavy atom. The number of aromatic nitrogens is 1. The molecule has 3 aromatic rings. The van der Waals surface area contributed by atoms with Gasteiger partial charge in [-0.25, -0.2) is 4.79 Å². The maximum Gasteiger partial charge on any atom is 0.344 e. The molecule has 42 heavy (non-hydrogen) atoms. The number of anilines is 1.